The number of pyridine rings is 1. The summed E-state index contributed by atoms with van der Waals surface area (Å²) in [6.45, 7) is 4.71. The molecular weight excluding hydrogens is 230 g/mol. The number of rotatable bonds is 4. The number of carbonyl (C=O) groups is 1. The van der Waals surface area contributed by atoms with Crippen LogP contribution in [0.25, 0.3) is 0 Å². The van der Waals surface area contributed by atoms with E-state index >= 15 is 0 Å². The molecule has 5 heteroatoms. The van der Waals surface area contributed by atoms with Gasteiger partial charge < -0.3 is 15.0 Å². The molecular formula is C13H19N3O2. The van der Waals surface area contributed by atoms with Crippen molar-refractivity contribution in [3.63, 3.8) is 0 Å². The highest BCUT2D eigenvalue weighted by Gasteiger charge is 2.29. The second-order valence-corrected chi connectivity index (χ2v) is 4.76. The van der Waals surface area contributed by atoms with Crippen LogP contribution in [0.2, 0.25) is 0 Å². The van der Waals surface area contributed by atoms with Crippen LogP contribution in [0.3, 0.4) is 0 Å². The summed E-state index contributed by atoms with van der Waals surface area (Å²) >= 11 is 0. The van der Waals surface area contributed by atoms with Crippen LogP contribution in [-0.4, -0.2) is 41.5 Å². The van der Waals surface area contributed by atoms with E-state index in [0.717, 1.165) is 13.0 Å². The third kappa shape index (κ3) is 2.72. The first kappa shape index (κ1) is 12.7. The van der Waals surface area contributed by atoms with E-state index in [1.54, 1.807) is 11.1 Å². The van der Waals surface area contributed by atoms with Gasteiger partial charge in [0.05, 0.1) is 6.10 Å². The summed E-state index contributed by atoms with van der Waals surface area (Å²) in [4.78, 5) is 17.8. The second-order valence-electron chi connectivity index (χ2n) is 4.76. The third-order valence-corrected chi connectivity index (χ3v) is 2.87. The van der Waals surface area contributed by atoms with Crippen molar-refractivity contribution in [2.45, 2.75) is 32.4 Å². The molecule has 0 saturated carbocycles. The molecule has 1 aromatic rings. The zero-order valence-electron chi connectivity index (χ0n) is 11.0. The molecule has 2 rings (SSSR count). The summed E-state index contributed by atoms with van der Waals surface area (Å²) in [6.07, 6.45) is 2.57. The van der Waals surface area contributed by atoms with Gasteiger partial charge >= 0.3 is 0 Å². The first-order valence-corrected chi connectivity index (χ1v) is 6.21. The average molecular weight is 249 g/mol. The Kier molecular flexibility index (Phi) is 3.69. The van der Waals surface area contributed by atoms with Crippen LogP contribution in [0, 0.1) is 0 Å². The summed E-state index contributed by atoms with van der Waals surface area (Å²) in [5.74, 6) is 1.44. The minimum Gasteiger partial charge on any atom is -0.487 e. The number of carbonyl (C=O) groups excluding carboxylic acids is 1. The summed E-state index contributed by atoms with van der Waals surface area (Å²) < 4.78 is 5.67. The van der Waals surface area contributed by atoms with Gasteiger partial charge in [-0.3, -0.25) is 4.79 Å². The zero-order valence-corrected chi connectivity index (χ0v) is 11.0. The highest BCUT2D eigenvalue weighted by Crippen LogP contribution is 2.24. The van der Waals surface area contributed by atoms with Crippen molar-refractivity contribution in [1.29, 1.82) is 0 Å². The van der Waals surface area contributed by atoms with E-state index in [2.05, 4.69) is 10.3 Å². The maximum Gasteiger partial charge on any atom is 0.244 e. The Bertz CT molecular complexity index is 434. The SMILES string of the molecule is CC(C)Oc1cccnc1NC1CCN(C)C1=O. The quantitative estimate of drug-likeness (QED) is 0.879. The lowest BCUT2D eigenvalue weighted by Gasteiger charge is -2.17. The molecule has 0 aromatic carbocycles. The van der Waals surface area contributed by atoms with Crippen LogP contribution < -0.4 is 10.1 Å². The Balaban J connectivity index is 2.11. The van der Waals surface area contributed by atoms with Gasteiger partial charge in [0.15, 0.2) is 11.6 Å². The van der Waals surface area contributed by atoms with Crippen LogP contribution in [0.4, 0.5) is 5.82 Å². The fourth-order valence-electron chi connectivity index (χ4n) is 1.97. The molecule has 2 heterocycles. The number of likely N-dealkylation sites (tertiary alicyclic amines) is 1. The van der Waals surface area contributed by atoms with Crippen molar-refractivity contribution >= 4 is 11.7 Å². The van der Waals surface area contributed by atoms with Crippen molar-refractivity contribution in [2.24, 2.45) is 0 Å². The second kappa shape index (κ2) is 5.25. The number of likely N-dealkylation sites (N-methyl/N-ethyl adjacent to an activating group) is 1. The molecule has 1 amide bonds. The number of nitrogens with zero attached hydrogens (tertiary/aromatic N) is 2. The van der Waals surface area contributed by atoms with Crippen molar-refractivity contribution in [3.05, 3.63) is 18.3 Å². The normalized spacial score (nSPS) is 19.4. The number of nitrogens with one attached hydrogen (secondary N) is 1. The number of hydrogen-bond acceptors (Lipinski definition) is 4. The Labute approximate surface area is 107 Å². The molecule has 0 aliphatic carbocycles. The Morgan fingerprint density at radius 1 is 1.56 bits per heavy atom. The number of ether oxygens (including phenoxy) is 1. The van der Waals surface area contributed by atoms with E-state index in [9.17, 15) is 4.79 Å². The summed E-state index contributed by atoms with van der Waals surface area (Å²) in [5.41, 5.74) is 0. The Morgan fingerprint density at radius 2 is 2.33 bits per heavy atom. The predicted molar refractivity (Wildman–Crippen MR) is 69.7 cm³/mol. The van der Waals surface area contributed by atoms with E-state index in [1.165, 1.54) is 0 Å². The third-order valence-electron chi connectivity index (χ3n) is 2.87. The van der Waals surface area contributed by atoms with Crippen LogP contribution in [0.1, 0.15) is 20.3 Å². The maximum absolute atomic E-state index is 11.8. The minimum absolute atomic E-state index is 0.0803. The number of anilines is 1. The van der Waals surface area contributed by atoms with Gasteiger partial charge in [0.1, 0.15) is 6.04 Å². The predicted octanol–water partition coefficient (Wildman–Crippen LogP) is 1.51. The van der Waals surface area contributed by atoms with Gasteiger partial charge in [-0.05, 0) is 32.4 Å². The topological polar surface area (TPSA) is 54.5 Å². The Morgan fingerprint density at radius 3 is 2.94 bits per heavy atom. The standard InChI is InChI=1S/C13H19N3O2/c1-9(2)18-11-5-4-7-14-12(11)15-10-6-8-16(3)13(10)17/h4-5,7,9-10H,6,8H2,1-3H3,(H,14,15). The molecule has 1 saturated heterocycles. The fraction of sp³-hybridized carbons (Fsp3) is 0.538. The molecule has 1 atom stereocenters. The monoisotopic (exact) mass is 249 g/mol. The molecule has 1 unspecified atom stereocenters. The molecule has 18 heavy (non-hydrogen) atoms. The lowest BCUT2D eigenvalue weighted by atomic mass is 10.2. The highest BCUT2D eigenvalue weighted by molar-refractivity contribution is 5.86. The lowest BCUT2D eigenvalue weighted by Crippen LogP contribution is -2.31. The number of aromatic nitrogens is 1. The summed E-state index contributed by atoms with van der Waals surface area (Å²) in [7, 11) is 1.81. The molecule has 0 radical (unpaired) electrons. The van der Waals surface area contributed by atoms with Gasteiger partial charge in [0, 0.05) is 19.8 Å². The molecule has 1 aliphatic rings. The Hall–Kier alpha value is -1.78. The minimum atomic E-state index is -0.195. The van der Waals surface area contributed by atoms with Gasteiger partial charge in [0.25, 0.3) is 0 Å². The van der Waals surface area contributed by atoms with Gasteiger partial charge in [-0.1, -0.05) is 0 Å². The van der Waals surface area contributed by atoms with Gasteiger partial charge in [0.2, 0.25) is 5.91 Å². The van der Waals surface area contributed by atoms with Crippen molar-refractivity contribution in [1.82, 2.24) is 9.88 Å². The molecule has 0 bridgehead atoms. The molecule has 5 nitrogen and oxygen atoms in total. The van der Waals surface area contributed by atoms with E-state index < -0.39 is 0 Å². The van der Waals surface area contributed by atoms with E-state index in [0.29, 0.717) is 11.6 Å². The lowest BCUT2D eigenvalue weighted by molar-refractivity contribution is -0.127. The van der Waals surface area contributed by atoms with E-state index in [-0.39, 0.29) is 18.1 Å². The van der Waals surface area contributed by atoms with E-state index in [1.807, 2.05) is 33.0 Å². The van der Waals surface area contributed by atoms with Crippen LogP contribution in [0.15, 0.2) is 18.3 Å². The molecule has 1 fully saturated rings. The number of amides is 1. The highest BCUT2D eigenvalue weighted by atomic mass is 16.5. The molecule has 1 N–H and O–H groups in total. The molecule has 1 aromatic heterocycles. The zero-order chi connectivity index (χ0) is 13.1. The molecule has 1 aliphatic heterocycles. The van der Waals surface area contributed by atoms with Crippen molar-refractivity contribution in [2.75, 3.05) is 18.9 Å². The first-order valence-electron chi connectivity index (χ1n) is 6.21. The van der Waals surface area contributed by atoms with Crippen LogP contribution in [0.5, 0.6) is 5.75 Å². The maximum atomic E-state index is 11.8. The van der Waals surface area contributed by atoms with Crippen LogP contribution in [-0.2, 0) is 4.79 Å². The van der Waals surface area contributed by atoms with Crippen LogP contribution >= 0.6 is 0 Å². The molecule has 0 spiro atoms. The summed E-state index contributed by atoms with van der Waals surface area (Å²) in [6, 6.07) is 3.49. The van der Waals surface area contributed by atoms with Crippen molar-refractivity contribution < 1.29 is 9.53 Å². The van der Waals surface area contributed by atoms with Gasteiger partial charge in [-0.15, -0.1) is 0 Å². The fourth-order valence-corrected chi connectivity index (χ4v) is 1.97. The first-order chi connectivity index (χ1) is 8.58. The average Bonchev–Trinajstić information content (AvgIpc) is 2.63. The molecule has 98 valence electrons. The number of hydrogen-bond donors (Lipinski definition) is 1. The van der Waals surface area contributed by atoms with Gasteiger partial charge in [-0.25, -0.2) is 4.98 Å². The van der Waals surface area contributed by atoms with Gasteiger partial charge in [-0.2, -0.15) is 0 Å². The smallest absolute Gasteiger partial charge is 0.244 e. The van der Waals surface area contributed by atoms with Crippen molar-refractivity contribution in [3.8, 4) is 5.75 Å². The van der Waals surface area contributed by atoms with E-state index in [4.69, 9.17) is 4.74 Å². The largest absolute Gasteiger partial charge is 0.487 e. The summed E-state index contributed by atoms with van der Waals surface area (Å²) in [5, 5.41) is 3.17.